The average Bonchev–Trinajstić information content (AvgIpc) is 2.64. The molecule has 0 amide bonds. The Balaban J connectivity index is 1.90. The lowest BCUT2D eigenvalue weighted by Crippen LogP contribution is -2.26. The van der Waals surface area contributed by atoms with Crippen molar-refractivity contribution in [2.24, 2.45) is 0 Å². The molecule has 0 aliphatic rings. The molecule has 0 bridgehead atoms. The maximum absolute atomic E-state index is 12.6. The Labute approximate surface area is 157 Å². The second kappa shape index (κ2) is 7.40. The van der Waals surface area contributed by atoms with Crippen LogP contribution >= 0.6 is 11.6 Å². The van der Waals surface area contributed by atoms with E-state index < -0.39 is 17.3 Å². The molecule has 1 aromatic carbocycles. The van der Waals surface area contributed by atoms with Crippen LogP contribution in [0.15, 0.2) is 59.7 Å². The molecule has 0 fully saturated rings. The van der Waals surface area contributed by atoms with Crippen molar-refractivity contribution < 1.29 is 13.2 Å². The van der Waals surface area contributed by atoms with Crippen molar-refractivity contribution in [1.29, 1.82) is 0 Å². The lowest BCUT2D eigenvalue weighted by atomic mass is 10.2. The normalized spacial score (nSPS) is 11.4. The fourth-order valence-electron chi connectivity index (χ4n) is 2.47. The predicted octanol–water partition coefficient (Wildman–Crippen LogP) is 3.94. The first-order valence-electron chi connectivity index (χ1n) is 7.84. The van der Waals surface area contributed by atoms with E-state index in [9.17, 15) is 18.0 Å². The van der Waals surface area contributed by atoms with Gasteiger partial charge in [0.25, 0.3) is 5.56 Å². The van der Waals surface area contributed by atoms with Gasteiger partial charge in [0.2, 0.25) is 0 Å². The van der Waals surface area contributed by atoms with E-state index >= 15 is 0 Å². The van der Waals surface area contributed by atoms with Crippen LogP contribution in [0.5, 0.6) is 0 Å². The fourth-order valence-corrected chi connectivity index (χ4v) is 2.75. The molecule has 0 saturated carbocycles. The van der Waals surface area contributed by atoms with Gasteiger partial charge in [0.05, 0.1) is 17.4 Å². The van der Waals surface area contributed by atoms with E-state index in [1.165, 1.54) is 6.20 Å². The second-order valence-electron chi connectivity index (χ2n) is 5.81. The van der Waals surface area contributed by atoms with Gasteiger partial charge in [-0.05, 0) is 17.7 Å². The molecule has 140 valence electrons. The molecule has 0 radical (unpaired) electrons. The number of anilines is 1. The van der Waals surface area contributed by atoms with Gasteiger partial charge in [-0.2, -0.15) is 23.0 Å². The molecule has 2 heterocycles. The Morgan fingerprint density at radius 1 is 1.11 bits per heavy atom. The molecule has 9 heteroatoms. The summed E-state index contributed by atoms with van der Waals surface area (Å²) in [7, 11) is 1.76. The van der Waals surface area contributed by atoms with Crippen molar-refractivity contribution in [1.82, 2.24) is 14.8 Å². The summed E-state index contributed by atoms with van der Waals surface area (Å²) in [5.74, 6) is -0.0489. The summed E-state index contributed by atoms with van der Waals surface area (Å²) in [6, 6.07) is 11.5. The highest BCUT2D eigenvalue weighted by Gasteiger charge is 2.30. The summed E-state index contributed by atoms with van der Waals surface area (Å²) < 4.78 is 38.8. The highest BCUT2D eigenvalue weighted by Crippen LogP contribution is 2.28. The lowest BCUT2D eigenvalue weighted by Gasteiger charge is -2.20. The van der Waals surface area contributed by atoms with Gasteiger partial charge in [0, 0.05) is 19.8 Å². The number of rotatable bonds is 4. The van der Waals surface area contributed by atoms with Gasteiger partial charge >= 0.3 is 6.18 Å². The van der Waals surface area contributed by atoms with Crippen molar-refractivity contribution in [2.45, 2.75) is 12.7 Å². The van der Waals surface area contributed by atoms with E-state index in [2.05, 4.69) is 10.1 Å². The molecule has 0 saturated heterocycles. The van der Waals surface area contributed by atoms with E-state index in [0.29, 0.717) is 18.4 Å². The van der Waals surface area contributed by atoms with Gasteiger partial charge in [-0.1, -0.05) is 41.9 Å². The molecule has 27 heavy (non-hydrogen) atoms. The van der Waals surface area contributed by atoms with Crippen LogP contribution in [0, 0.1) is 0 Å². The Bertz CT molecular complexity index is 988. The summed E-state index contributed by atoms with van der Waals surface area (Å²) in [6.45, 7) is 0.504. The van der Waals surface area contributed by atoms with Crippen LogP contribution in [0.2, 0.25) is 5.02 Å². The summed E-state index contributed by atoms with van der Waals surface area (Å²) in [4.78, 5) is 17.9. The minimum absolute atomic E-state index is 0.0489. The smallest absolute Gasteiger partial charge is 0.368 e. The zero-order valence-electron chi connectivity index (χ0n) is 14.1. The first kappa shape index (κ1) is 18.9. The summed E-state index contributed by atoms with van der Waals surface area (Å²) in [5, 5.41) is 3.91. The number of alkyl halides is 3. The summed E-state index contributed by atoms with van der Waals surface area (Å²) in [6.07, 6.45) is -2.48. The molecule has 0 N–H and O–H groups in total. The molecular weight excluding hydrogens is 381 g/mol. The third-order valence-corrected chi connectivity index (χ3v) is 4.22. The molecule has 0 unspecified atom stereocenters. The van der Waals surface area contributed by atoms with E-state index in [4.69, 9.17) is 11.6 Å². The number of hydrogen-bond donors (Lipinski definition) is 0. The highest BCUT2D eigenvalue weighted by molar-refractivity contribution is 6.33. The number of pyridine rings is 1. The maximum Gasteiger partial charge on any atom is 0.417 e. The van der Waals surface area contributed by atoms with E-state index in [-0.39, 0.29) is 10.8 Å². The molecule has 0 atom stereocenters. The molecule has 0 aliphatic heterocycles. The van der Waals surface area contributed by atoms with Crippen molar-refractivity contribution in [2.75, 3.05) is 11.9 Å². The highest BCUT2D eigenvalue weighted by atomic mass is 35.5. The summed E-state index contributed by atoms with van der Waals surface area (Å²) in [5.41, 5.74) is -0.149. The van der Waals surface area contributed by atoms with Crippen LogP contribution in [-0.2, 0) is 12.7 Å². The van der Waals surface area contributed by atoms with Gasteiger partial charge in [-0.15, -0.1) is 0 Å². The van der Waals surface area contributed by atoms with Gasteiger partial charge in [-0.3, -0.25) is 4.79 Å². The largest absolute Gasteiger partial charge is 0.417 e. The zero-order valence-corrected chi connectivity index (χ0v) is 14.9. The van der Waals surface area contributed by atoms with Crippen LogP contribution in [0.3, 0.4) is 0 Å². The van der Waals surface area contributed by atoms with Crippen molar-refractivity contribution in [3.63, 3.8) is 0 Å². The number of halogens is 4. The monoisotopic (exact) mass is 394 g/mol. The number of benzene rings is 1. The SMILES string of the molecule is CN(Cc1ccccc1)c1cnn(-c2ccc(C(F)(F)F)cn2)c(=O)c1Cl. The van der Waals surface area contributed by atoms with Crippen LogP contribution < -0.4 is 10.5 Å². The number of nitrogens with zero attached hydrogens (tertiary/aromatic N) is 4. The van der Waals surface area contributed by atoms with Crippen molar-refractivity contribution in [3.05, 3.63) is 81.4 Å². The van der Waals surface area contributed by atoms with Crippen LogP contribution in [0.4, 0.5) is 18.9 Å². The minimum Gasteiger partial charge on any atom is -0.368 e. The third-order valence-electron chi connectivity index (χ3n) is 3.87. The maximum atomic E-state index is 12.6. The van der Waals surface area contributed by atoms with Crippen LogP contribution in [-0.4, -0.2) is 21.8 Å². The Kier molecular flexibility index (Phi) is 5.18. The topological polar surface area (TPSA) is 51.0 Å². The van der Waals surface area contributed by atoms with Crippen molar-refractivity contribution in [3.8, 4) is 5.82 Å². The predicted molar refractivity (Wildman–Crippen MR) is 96.2 cm³/mol. The number of hydrogen-bond acceptors (Lipinski definition) is 4. The van der Waals surface area contributed by atoms with E-state index in [1.54, 1.807) is 11.9 Å². The summed E-state index contributed by atoms with van der Waals surface area (Å²) >= 11 is 6.19. The van der Waals surface area contributed by atoms with Gasteiger partial charge in [0.15, 0.2) is 5.82 Å². The Hall–Kier alpha value is -2.87. The van der Waals surface area contributed by atoms with Gasteiger partial charge in [-0.25, -0.2) is 4.98 Å². The molecular formula is C18H14ClF3N4O. The van der Waals surface area contributed by atoms with Gasteiger partial charge in [0.1, 0.15) is 5.02 Å². The molecule has 3 aromatic rings. The Morgan fingerprint density at radius 2 is 1.81 bits per heavy atom. The molecule has 0 spiro atoms. The van der Waals surface area contributed by atoms with Crippen LogP contribution in [0.25, 0.3) is 5.82 Å². The molecule has 5 nitrogen and oxygen atoms in total. The minimum atomic E-state index is -4.51. The molecule has 3 rings (SSSR count). The van der Waals surface area contributed by atoms with E-state index in [1.807, 2.05) is 30.3 Å². The zero-order chi connectivity index (χ0) is 19.6. The first-order chi connectivity index (χ1) is 12.8. The van der Waals surface area contributed by atoms with E-state index in [0.717, 1.165) is 22.4 Å². The fraction of sp³-hybridized carbons (Fsp3) is 0.167. The third kappa shape index (κ3) is 4.11. The van der Waals surface area contributed by atoms with Gasteiger partial charge < -0.3 is 4.90 Å². The molecule has 0 aliphatic carbocycles. The standard InChI is InChI=1S/C18H14ClF3N4O/c1-25(11-12-5-3-2-4-6-12)14-10-24-26(17(27)16(14)19)15-8-7-13(9-23-15)18(20,21)22/h2-10H,11H2,1H3. The van der Waals surface area contributed by atoms with Crippen LogP contribution in [0.1, 0.15) is 11.1 Å². The molecule has 2 aromatic heterocycles. The quantitative estimate of drug-likeness (QED) is 0.672. The Morgan fingerprint density at radius 3 is 2.41 bits per heavy atom. The number of aromatic nitrogens is 3. The first-order valence-corrected chi connectivity index (χ1v) is 8.21. The lowest BCUT2D eigenvalue weighted by molar-refractivity contribution is -0.137. The van der Waals surface area contributed by atoms with Crippen molar-refractivity contribution >= 4 is 17.3 Å². The second-order valence-corrected chi connectivity index (χ2v) is 6.18. The average molecular weight is 395 g/mol.